The lowest BCUT2D eigenvalue weighted by molar-refractivity contribution is -0.129. The highest BCUT2D eigenvalue weighted by Gasteiger charge is 2.24. The molecule has 4 rings (SSSR count). The van der Waals surface area contributed by atoms with Crippen LogP contribution in [0.4, 0.5) is 0 Å². The van der Waals surface area contributed by atoms with Gasteiger partial charge in [0.1, 0.15) is 6.61 Å². The second kappa shape index (κ2) is 10.7. The summed E-state index contributed by atoms with van der Waals surface area (Å²) in [6.07, 6.45) is 1.69. The normalized spacial score (nSPS) is 14.4. The summed E-state index contributed by atoms with van der Waals surface area (Å²) in [6.45, 7) is 4.66. The third-order valence-electron chi connectivity index (χ3n) is 5.33. The molecule has 0 bridgehead atoms. The number of carbonyl (C=O) groups excluding carboxylic acids is 1. The topological polar surface area (TPSA) is 57.1 Å². The van der Waals surface area contributed by atoms with Gasteiger partial charge in [-0.3, -0.25) is 0 Å². The first-order valence-corrected chi connectivity index (χ1v) is 12.6. The smallest absolute Gasteiger partial charge is 0.363 e. The zero-order chi connectivity index (χ0) is 24.2. The lowest BCUT2D eigenvalue weighted by Gasteiger charge is -2.14. The lowest BCUT2D eigenvalue weighted by Crippen LogP contribution is -2.05. The molecule has 0 saturated heterocycles. The Kier molecular flexibility index (Phi) is 7.73. The summed E-state index contributed by atoms with van der Waals surface area (Å²) in [5.74, 6) is 1.47. The van der Waals surface area contributed by atoms with E-state index in [2.05, 4.69) is 57.4 Å². The predicted octanol–water partition coefficient (Wildman–Crippen LogP) is 7.11. The predicted molar refractivity (Wildman–Crippen MR) is 145 cm³/mol. The van der Waals surface area contributed by atoms with Gasteiger partial charge in [-0.15, -0.1) is 0 Å². The number of aliphatic imine (C=N–C) groups is 1. The van der Waals surface area contributed by atoms with Gasteiger partial charge < -0.3 is 14.2 Å². The van der Waals surface area contributed by atoms with E-state index in [1.807, 2.05) is 60.7 Å². The minimum Gasteiger partial charge on any atom is -0.493 e. The highest BCUT2D eigenvalue weighted by molar-refractivity contribution is 14.1. The quantitative estimate of drug-likeness (QED) is 0.158. The molecule has 0 fully saturated rings. The molecule has 1 heterocycles. The maximum atomic E-state index is 12.5. The third kappa shape index (κ3) is 5.52. The summed E-state index contributed by atoms with van der Waals surface area (Å²) in [6, 6.07) is 19.5. The van der Waals surface area contributed by atoms with E-state index >= 15 is 0 Å². The number of hydrogen-bond acceptors (Lipinski definition) is 5. The van der Waals surface area contributed by atoms with Crippen molar-refractivity contribution in [2.24, 2.45) is 4.99 Å². The van der Waals surface area contributed by atoms with Crippen LogP contribution < -0.4 is 9.47 Å². The number of halogens is 2. The minimum absolute atomic E-state index is 0.239. The molecule has 3 aromatic carbocycles. The fourth-order valence-corrected chi connectivity index (χ4v) is 4.61. The SMILES string of the molecule is COc1cc(/C=C2\N=C(c3ccc(C(C)C)cc3)OC2=O)cc(I)c1OCc1ccccc1Br. The van der Waals surface area contributed by atoms with Gasteiger partial charge >= 0.3 is 5.97 Å². The average molecular weight is 632 g/mol. The molecule has 1 aliphatic heterocycles. The van der Waals surface area contributed by atoms with E-state index in [-0.39, 0.29) is 5.70 Å². The standard InChI is InChI=1S/C27H23BrINO4/c1-16(2)18-8-10-19(11-9-18)26-30-23(27(31)34-26)13-17-12-22(29)25(24(14-17)32-3)33-15-20-6-4-5-7-21(20)28/h4-14,16H,15H2,1-3H3/b23-13-. The summed E-state index contributed by atoms with van der Waals surface area (Å²) in [7, 11) is 1.59. The summed E-state index contributed by atoms with van der Waals surface area (Å²) >= 11 is 5.75. The highest BCUT2D eigenvalue weighted by Crippen LogP contribution is 2.36. The molecule has 174 valence electrons. The Balaban J connectivity index is 1.58. The fraction of sp³-hybridized carbons (Fsp3) is 0.185. The number of hydrogen-bond donors (Lipinski definition) is 0. The van der Waals surface area contributed by atoms with Crippen LogP contribution in [0.2, 0.25) is 0 Å². The van der Waals surface area contributed by atoms with E-state index in [1.165, 1.54) is 5.56 Å². The Hall–Kier alpha value is -2.65. The van der Waals surface area contributed by atoms with Gasteiger partial charge in [0.25, 0.3) is 0 Å². The highest BCUT2D eigenvalue weighted by atomic mass is 127. The molecule has 34 heavy (non-hydrogen) atoms. The molecule has 0 radical (unpaired) electrons. The first-order valence-electron chi connectivity index (χ1n) is 10.7. The molecular formula is C27H23BrINO4. The molecule has 7 heteroatoms. The average Bonchev–Trinajstić information content (AvgIpc) is 3.19. The van der Waals surface area contributed by atoms with E-state index in [4.69, 9.17) is 14.2 Å². The number of cyclic esters (lactones) is 1. The number of ether oxygens (including phenoxy) is 3. The molecule has 0 aromatic heterocycles. The van der Waals surface area contributed by atoms with Crippen molar-refractivity contribution in [3.05, 3.63) is 96.7 Å². The molecule has 0 unspecified atom stereocenters. The van der Waals surface area contributed by atoms with Crippen LogP contribution in [0.25, 0.3) is 6.08 Å². The zero-order valence-corrected chi connectivity index (χ0v) is 22.7. The summed E-state index contributed by atoms with van der Waals surface area (Å²) in [5, 5.41) is 0. The lowest BCUT2D eigenvalue weighted by atomic mass is 10.0. The second-order valence-corrected chi connectivity index (χ2v) is 10.0. The van der Waals surface area contributed by atoms with Crippen molar-refractivity contribution in [3.8, 4) is 11.5 Å². The van der Waals surface area contributed by atoms with E-state index < -0.39 is 5.97 Å². The van der Waals surface area contributed by atoms with Gasteiger partial charge in [0.15, 0.2) is 17.2 Å². The molecule has 0 spiro atoms. The van der Waals surface area contributed by atoms with Gasteiger partial charge in [0, 0.05) is 15.6 Å². The van der Waals surface area contributed by atoms with Crippen molar-refractivity contribution < 1.29 is 19.0 Å². The Bertz CT molecular complexity index is 1280. The van der Waals surface area contributed by atoms with Crippen molar-refractivity contribution in [3.63, 3.8) is 0 Å². The first-order chi connectivity index (χ1) is 16.4. The largest absolute Gasteiger partial charge is 0.493 e. The second-order valence-electron chi connectivity index (χ2n) is 8.03. The summed E-state index contributed by atoms with van der Waals surface area (Å²) < 4.78 is 18.9. The van der Waals surface area contributed by atoms with E-state index in [1.54, 1.807) is 13.2 Å². The summed E-state index contributed by atoms with van der Waals surface area (Å²) in [4.78, 5) is 16.9. The van der Waals surface area contributed by atoms with Crippen molar-refractivity contribution in [2.75, 3.05) is 7.11 Å². The van der Waals surface area contributed by atoms with Gasteiger partial charge in [-0.25, -0.2) is 9.79 Å². The Morgan fingerprint density at radius 3 is 2.53 bits per heavy atom. The van der Waals surface area contributed by atoms with Gasteiger partial charge in [-0.2, -0.15) is 0 Å². The monoisotopic (exact) mass is 631 g/mol. The van der Waals surface area contributed by atoms with Crippen molar-refractivity contribution in [2.45, 2.75) is 26.4 Å². The first kappa shape index (κ1) is 24.5. The van der Waals surface area contributed by atoms with Crippen LogP contribution >= 0.6 is 38.5 Å². The minimum atomic E-state index is -0.480. The molecule has 0 atom stereocenters. The molecule has 5 nitrogen and oxygen atoms in total. The Labute approximate surface area is 221 Å². The van der Waals surface area contributed by atoms with Gasteiger partial charge in [0.2, 0.25) is 5.90 Å². The molecule has 0 N–H and O–H groups in total. The maximum Gasteiger partial charge on any atom is 0.363 e. The number of carbonyl (C=O) groups is 1. The molecule has 3 aromatic rings. The van der Waals surface area contributed by atoms with Crippen LogP contribution in [0.3, 0.4) is 0 Å². The van der Waals surface area contributed by atoms with Crippen LogP contribution in [0.1, 0.15) is 42.0 Å². The van der Waals surface area contributed by atoms with Gasteiger partial charge in [-0.1, -0.05) is 60.1 Å². The number of nitrogens with zero attached hydrogens (tertiary/aromatic N) is 1. The van der Waals surface area contributed by atoms with E-state index in [0.29, 0.717) is 29.9 Å². The molecular weight excluding hydrogens is 609 g/mol. The van der Waals surface area contributed by atoms with Crippen LogP contribution in [-0.2, 0) is 16.1 Å². The summed E-state index contributed by atoms with van der Waals surface area (Å²) in [5.41, 5.74) is 4.02. The molecule has 0 saturated carbocycles. The third-order valence-corrected chi connectivity index (χ3v) is 6.90. The number of rotatable bonds is 7. The van der Waals surface area contributed by atoms with E-state index in [0.717, 1.165) is 24.7 Å². The van der Waals surface area contributed by atoms with Crippen LogP contribution in [0.5, 0.6) is 11.5 Å². The van der Waals surface area contributed by atoms with Crippen LogP contribution in [0.15, 0.2) is 75.8 Å². The van der Waals surface area contributed by atoms with Crippen molar-refractivity contribution in [1.82, 2.24) is 0 Å². The van der Waals surface area contributed by atoms with Crippen molar-refractivity contribution >= 4 is 56.5 Å². The number of esters is 1. The molecule has 1 aliphatic rings. The fourth-order valence-electron chi connectivity index (χ4n) is 3.43. The molecule has 0 amide bonds. The van der Waals surface area contributed by atoms with E-state index in [9.17, 15) is 4.79 Å². The Morgan fingerprint density at radius 1 is 1.12 bits per heavy atom. The molecule has 0 aliphatic carbocycles. The van der Waals surface area contributed by atoms with Crippen LogP contribution in [0, 0.1) is 3.57 Å². The number of benzene rings is 3. The van der Waals surface area contributed by atoms with Gasteiger partial charge in [0.05, 0.1) is 10.7 Å². The Morgan fingerprint density at radius 2 is 1.85 bits per heavy atom. The zero-order valence-electron chi connectivity index (χ0n) is 19.0. The maximum absolute atomic E-state index is 12.5. The van der Waals surface area contributed by atoms with Crippen LogP contribution in [-0.4, -0.2) is 19.0 Å². The number of methoxy groups -OCH3 is 1. The van der Waals surface area contributed by atoms with Gasteiger partial charge in [-0.05, 0) is 76.0 Å². The van der Waals surface area contributed by atoms with Crippen molar-refractivity contribution in [1.29, 1.82) is 0 Å².